The molecular weight excluding hydrogens is 264 g/mol. The first-order valence-corrected chi connectivity index (χ1v) is 7.11. The number of nitrogens with one attached hydrogen (secondary N) is 2. The van der Waals surface area contributed by atoms with Gasteiger partial charge in [-0.05, 0) is 38.6 Å². The van der Waals surface area contributed by atoms with Crippen LogP contribution in [0.5, 0.6) is 0 Å². The quantitative estimate of drug-likeness (QED) is 0.733. The molecule has 0 aliphatic heterocycles. The van der Waals surface area contributed by atoms with Crippen molar-refractivity contribution in [3.63, 3.8) is 0 Å². The van der Waals surface area contributed by atoms with E-state index in [1.807, 2.05) is 12.3 Å². The largest absolute Gasteiger partial charge is 0.393 e. The van der Waals surface area contributed by atoms with Crippen LogP contribution < -0.4 is 10.6 Å². The fraction of sp³-hybridized carbons (Fsp3) is 0.538. The third-order valence-electron chi connectivity index (χ3n) is 2.57. The summed E-state index contributed by atoms with van der Waals surface area (Å²) in [5.74, 6) is -0.501. The summed E-state index contributed by atoms with van der Waals surface area (Å²) in [6.45, 7) is 5.12. The van der Waals surface area contributed by atoms with E-state index in [0.717, 1.165) is 0 Å². The maximum Gasteiger partial charge on any atom is 0.261 e. The van der Waals surface area contributed by atoms with Crippen LogP contribution in [0.1, 0.15) is 36.9 Å². The second kappa shape index (κ2) is 7.25. The van der Waals surface area contributed by atoms with E-state index in [4.69, 9.17) is 0 Å². The maximum absolute atomic E-state index is 11.8. The van der Waals surface area contributed by atoms with E-state index in [1.165, 1.54) is 11.3 Å². The minimum Gasteiger partial charge on any atom is -0.393 e. The Labute approximate surface area is 117 Å². The average Bonchev–Trinajstić information content (AvgIpc) is 2.80. The molecule has 0 aliphatic rings. The van der Waals surface area contributed by atoms with Gasteiger partial charge in [0.25, 0.3) is 5.91 Å². The molecule has 0 spiro atoms. The molecule has 1 heterocycles. The molecule has 0 radical (unpaired) electrons. The molecule has 19 heavy (non-hydrogen) atoms. The van der Waals surface area contributed by atoms with Crippen LogP contribution in [0.15, 0.2) is 17.5 Å². The van der Waals surface area contributed by atoms with E-state index in [9.17, 15) is 14.7 Å². The Balaban J connectivity index is 2.42. The lowest BCUT2D eigenvalue weighted by Gasteiger charge is -2.19. The molecule has 0 aromatic carbocycles. The van der Waals surface area contributed by atoms with Crippen molar-refractivity contribution in [1.29, 1.82) is 0 Å². The molecule has 2 amide bonds. The van der Waals surface area contributed by atoms with Crippen LogP contribution in [0.3, 0.4) is 0 Å². The molecule has 3 atom stereocenters. The zero-order chi connectivity index (χ0) is 14.4. The summed E-state index contributed by atoms with van der Waals surface area (Å²) in [7, 11) is 0. The van der Waals surface area contributed by atoms with Crippen LogP contribution in [-0.2, 0) is 4.79 Å². The highest BCUT2D eigenvalue weighted by molar-refractivity contribution is 7.12. The van der Waals surface area contributed by atoms with Crippen molar-refractivity contribution in [2.75, 3.05) is 0 Å². The molecule has 0 saturated heterocycles. The number of hydrogen-bond donors (Lipinski definition) is 3. The van der Waals surface area contributed by atoms with Gasteiger partial charge in [0.1, 0.15) is 6.04 Å². The van der Waals surface area contributed by atoms with E-state index in [1.54, 1.807) is 26.0 Å². The monoisotopic (exact) mass is 284 g/mol. The highest BCUT2D eigenvalue weighted by Gasteiger charge is 2.19. The maximum atomic E-state index is 11.8. The lowest BCUT2D eigenvalue weighted by atomic mass is 10.1. The van der Waals surface area contributed by atoms with E-state index < -0.39 is 12.1 Å². The zero-order valence-electron chi connectivity index (χ0n) is 11.3. The fourth-order valence-electron chi connectivity index (χ4n) is 1.68. The molecule has 0 aliphatic carbocycles. The summed E-state index contributed by atoms with van der Waals surface area (Å²) in [5.41, 5.74) is 0. The second-order valence-corrected chi connectivity index (χ2v) is 5.61. The lowest BCUT2D eigenvalue weighted by molar-refractivity contribution is -0.123. The van der Waals surface area contributed by atoms with Gasteiger partial charge in [-0.15, -0.1) is 11.3 Å². The molecule has 0 saturated carbocycles. The van der Waals surface area contributed by atoms with Gasteiger partial charge in [0, 0.05) is 6.04 Å². The summed E-state index contributed by atoms with van der Waals surface area (Å²) >= 11 is 1.33. The zero-order valence-corrected chi connectivity index (χ0v) is 12.2. The molecule has 106 valence electrons. The van der Waals surface area contributed by atoms with Crippen molar-refractivity contribution in [3.8, 4) is 0 Å². The normalized spacial score (nSPS) is 15.4. The highest BCUT2D eigenvalue weighted by atomic mass is 32.1. The highest BCUT2D eigenvalue weighted by Crippen LogP contribution is 2.08. The van der Waals surface area contributed by atoms with Crippen molar-refractivity contribution in [2.24, 2.45) is 0 Å². The van der Waals surface area contributed by atoms with Gasteiger partial charge in [-0.1, -0.05) is 6.07 Å². The minimum absolute atomic E-state index is 0.131. The van der Waals surface area contributed by atoms with Crippen LogP contribution in [0.25, 0.3) is 0 Å². The number of hydrogen-bond acceptors (Lipinski definition) is 4. The number of carbonyl (C=O) groups is 2. The van der Waals surface area contributed by atoms with Gasteiger partial charge in [0.05, 0.1) is 11.0 Å². The molecule has 3 N–H and O–H groups in total. The number of aliphatic hydroxyl groups excluding tert-OH is 1. The van der Waals surface area contributed by atoms with E-state index in [2.05, 4.69) is 10.6 Å². The smallest absolute Gasteiger partial charge is 0.261 e. The minimum atomic E-state index is -0.606. The molecule has 5 nitrogen and oxygen atoms in total. The van der Waals surface area contributed by atoms with Gasteiger partial charge in [0.15, 0.2) is 0 Å². The van der Waals surface area contributed by atoms with Gasteiger partial charge in [0.2, 0.25) is 5.91 Å². The third kappa shape index (κ3) is 5.40. The SMILES string of the molecule is CC(O)CC(C)NC(=O)C(C)NC(=O)c1cccs1. The van der Waals surface area contributed by atoms with Crippen molar-refractivity contribution < 1.29 is 14.7 Å². The van der Waals surface area contributed by atoms with Crippen LogP contribution >= 0.6 is 11.3 Å². The summed E-state index contributed by atoms with van der Waals surface area (Å²) in [5, 5.41) is 16.4. The topological polar surface area (TPSA) is 78.4 Å². The molecule has 3 unspecified atom stereocenters. The first kappa shape index (κ1) is 15.7. The second-order valence-electron chi connectivity index (χ2n) is 4.67. The molecule has 1 rings (SSSR count). The summed E-state index contributed by atoms with van der Waals surface area (Å²) in [4.78, 5) is 24.2. The molecular formula is C13H20N2O3S. The third-order valence-corrected chi connectivity index (χ3v) is 3.44. The Morgan fingerprint density at radius 2 is 2.00 bits per heavy atom. The van der Waals surface area contributed by atoms with E-state index >= 15 is 0 Å². The predicted molar refractivity (Wildman–Crippen MR) is 75.1 cm³/mol. The van der Waals surface area contributed by atoms with Gasteiger partial charge >= 0.3 is 0 Å². The van der Waals surface area contributed by atoms with E-state index in [-0.39, 0.29) is 17.9 Å². The molecule has 6 heteroatoms. The molecule has 1 aromatic heterocycles. The first-order valence-electron chi connectivity index (χ1n) is 6.23. The van der Waals surface area contributed by atoms with Gasteiger partial charge < -0.3 is 15.7 Å². The Hall–Kier alpha value is -1.40. The van der Waals surface area contributed by atoms with Crippen molar-refractivity contribution in [2.45, 2.75) is 45.4 Å². The summed E-state index contributed by atoms with van der Waals surface area (Å²) < 4.78 is 0. The van der Waals surface area contributed by atoms with Crippen LogP contribution in [-0.4, -0.2) is 35.1 Å². The van der Waals surface area contributed by atoms with Crippen molar-refractivity contribution in [3.05, 3.63) is 22.4 Å². The fourth-order valence-corrected chi connectivity index (χ4v) is 2.31. The predicted octanol–water partition coefficient (Wildman–Crippen LogP) is 1.14. The van der Waals surface area contributed by atoms with Crippen molar-refractivity contribution in [1.82, 2.24) is 10.6 Å². The van der Waals surface area contributed by atoms with Gasteiger partial charge in [-0.3, -0.25) is 9.59 Å². The van der Waals surface area contributed by atoms with Crippen LogP contribution in [0, 0.1) is 0 Å². The Morgan fingerprint density at radius 1 is 1.32 bits per heavy atom. The number of carbonyl (C=O) groups excluding carboxylic acids is 2. The number of amides is 2. The standard InChI is InChI=1S/C13H20N2O3S/c1-8(7-9(2)16)14-12(17)10(3)15-13(18)11-5-4-6-19-11/h4-6,8-10,16H,7H2,1-3H3,(H,14,17)(H,15,18). The van der Waals surface area contributed by atoms with Crippen LogP contribution in [0.4, 0.5) is 0 Å². The van der Waals surface area contributed by atoms with Crippen LogP contribution in [0.2, 0.25) is 0 Å². The van der Waals surface area contributed by atoms with Gasteiger partial charge in [-0.2, -0.15) is 0 Å². The Morgan fingerprint density at radius 3 is 2.53 bits per heavy atom. The molecule has 1 aromatic rings. The lowest BCUT2D eigenvalue weighted by Crippen LogP contribution is -2.47. The number of rotatable bonds is 6. The summed E-state index contributed by atoms with van der Waals surface area (Å²) in [6.07, 6.45) is 0.0171. The first-order chi connectivity index (χ1) is 8.90. The van der Waals surface area contributed by atoms with E-state index in [0.29, 0.717) is 11.3 Å². The average molecular weight is 284 g/mol. The van der Waals surface area contributed by atoms with Crippen molar-refractivity contribution >= 4 is 23.2 Å². The summed E-state index contributed by atoms with van der Waals surface area (Å²) in [6, 6.07) is 2.76. The van der Waals surface area contributed by atoms with Gasteiger partial charge in [-0.25, -0.2) is 0 Å². The molecule has 0 bridgehead atoms. The Bertz CT molecular complexity index is 418. The molecule has 0 fully saturated rings. The number of thiophene rings is 1. The Kier molecular flexibility index (Phi) is 5.98. The number of aliphatic hydroxyl groups is 1.